The molecule has 108 valence electrons. The van der Waals surface area contributed by atoms with E-state index in [2.05, 4.69) is 70.3 Å². The molecule has 2 atom stereocenters. The molecule has 0 aliphatic rings. The molecule has 0 radical (unpaired) electrons. The minimum absolute atomic E-state index is 0.109. The average molecular weight is 263 g/mol. The van der Waals surface area contributed by atoms with Crippen molar-refractivity contribution in [2.45, 2.75) is 53.2 Å². The van der Waals surface area contributed by atoms with Gasteiger partial charge in [-0.25, -0.2) is 0 Å². The van der Waals surface area contributed by atoms with Crippen LogP contribution in [0, 0.1) is 5.41 Å². The lowest BCUT2D eigenvalue weighted by atomic mass is 9.81. The van der Waals surface area contributed by atoms with Crippen LogP contribution in [0.25, 0.3) is 0 Å². The van der Waals surface area contributed by atoms with E-state index in [1.807, 2.05) is 0 Å². The van der Waals surface area contributed by atoms with E-state index in [9.17, 15) is 0 Å². The third-order valence-electron chi connectivity index (χ3n) is 3.32. The Kier molecular flexibility index (Phi) is 6.53. The van der Waals surface area contributed by atoms with Crippen molar-refractivity contribution in [3.8, 4) is 0 Å². The Hall–Kier alpha value is -0.860. The first kappa shape index (κ1) is 16.2. The fourth-order valence-corrected chi connectivity index (χ4v) is 2.37. The molecule has 0 spiro atoms. The molecule has 0 bridgehead atoms. The van der Waals surface area contributed by atoms with Crippen molar-refractivity contribution < 1.29 is 4.74 Å². The van der Waals surface area contributed by atoms with Crippen LogP contribution in [0.4, 0.5) is 0 Å². The van der Waals surface area contributed by atoms with Gasteiger partial charge in [0.2, 0.25) is 0 Å². The minimum Gasteiger partial charge on any atom is -0.372 e. The molecule has 2 unspecified atom stereocenters. The smallest absolute Gasteiger partial charge is 0.0982 e. The summed E-state index contributed by atoms with van der Waals surface area (Å²) in [7, 11) is 0. The fraction of sp³-hybridized carbons (Fsp3) is 0.647. The van der Waals surface area contributed by atoms with Gasteiger partial charge in [-0.15, -0.1) is 0 Å². The van der Waals surface area contributed by atoms with Crippen molar-refractivity contribution in [1.29, 1.82) is 0 Å². The lowest BCUT2D eigenvalue weighted by Crippen LogP contribution is -2.46. The van der Waals surface area contributed by atoms with E-state index in [4.69, 9.17) is 4.74 Å². The summed E-state index contributed by atoms with van der Waals surface area (Å²) in [6, 6.07) is 10.9. The highest BCUT2D eigenvalue weighted by atomic mass is 16.5. The van der Waals surface area contributed by atoms with Gasteiger partial charge in [-0.3, -0.25) is 0 Å². The first-order valence-corrected chi connectivity index (χ1v) is 7.40. The van der Waals surface area contributed by atoms with Crippen molar-refractivity contribution in [2.75, 3.05) is 13.2 Å². The van der Waals surface area contributed by atoms with Crippen LogP contribution in [0.5, 0.6) is 0 Å². The molecule has 0 aliphatic carbocycles. The number of benzene rings is 1. The summed E-state index contributed by atoms with van der Waals surface area (Å²) in [5, 5.41) is 3.67. The normalized spacial score (nSPS) is 15.2. The van der Waals surface area contributed by atoms with Gasteiger partial charge in [0.15, 0.2) is 0 Å². The maximum absolute atomic E-state index is 6.05. The van der Waals surface area contributed by atoms with Gasteiger partial charge in [0.1, 0.15) is 0 Å². The van der Waals surface area contributed by atoms with E-state index >= 15 is 0 Å². The van der Waals surface area contributed by atoms with Crippen LogP contribution in [0.1, 0.15) is 52.7 Å². The van der Waals surface area contributed by atoms with Gasteiger partial charge in [0, 0.05) is 12.6 Å². The molecule has 0 saturated heterocycles. The van der Waals surface area contributed by atoms with Gasteiger partial charge in [0.05, 0.1) is 6.10 Å². The third kappa shape index (κ3) is 4.96. The van der Waals surface area contributed by atoms with Crippen LogP contribution in [0.3, 0.4) is 0 Å². The zero-order valence-electron chi connectivity index (χ0n) is 13.1. The molecule has 0 saturated carbocycles. The molecule has 0 amide bonds. The van der Waals surface area contributed by atoms with Crippen LogP contribution in [-0.4, -0.2) is 19.2 Å². The SMILES string of the molecule is CCCNC(C(OCC)c1ccccc1)C(C)(C)C. The monoisotopic (exact) mass is 263 g/mol. The van der Waals surface area contributed by atoms with E-state index in [1.165, 1.54) is 5.56 Å². The van der Waals surface area contributed by atoms with Crippen LogP contribution < -0.4 is 5.32 Å². The molecule has 1 aromatic rings. The summed E-state index contributed by atoms with van der Waals surface area (Å²) in [6.45, 7) is 12.8. The summed E-state index contributed by atoms with van der Waals surface area (Å²) in [5.41, 5.74) is 1.41. The maximum Gasteiger partial charge on any atom is 0.0982 e. The lowest BCUT2D eigenvalue weighted by molar-refractivity contribution is 0.000849. The van der Waals surface area contributed by atoms with Crippen LogP contribution >= 0.6 is 0 Å². The Morgan fingerprint density at radius 3 is 2.21 bits per heavy atom. The lowest BCUT2D eigenvalue weighted by Gasteiger charge is -2.38. The zero-order valence-corrected chi connectivity index (χ0v) is 13.1. The summed E-state index contributed by atoms with van der Waals surface area (Å²) < 4.78 is 6.05. The van der Waals surface area contributed by atoms with Crippen LogP contribution in [0.2, 0.25) is 0 Å². The van der Waals surface area contributed by atoms with Crippen molar-refractivity contribution in [3.05, 3.63) is 35.9 Å². The van der Waals surface area contributed by atoms with Gasteiger partial charge in [0.25, 0.3) is 0 Å². The molecular formula is C17H29NO. The van der Waals surface area contributed by atoms with Gasteiger partial charge in [-0.2, -0.15) is 0 Å². The summed E-state index contributed by atoms with van der Waals surface area (Å²) in [4.78, 5) is 0. The first-order chi connectivity index (χ1) is 9.00. The second-order valence-corrected chi connectivity index (χ2v) is 6.08. The predicted molar refractivity (Wildman–Crippen MR) is 82.3 cm³/mol. The number of rotatable bonds is 7. The van der Waals surface area contributed by atoms with Crippen molar-refractivity contribution >= 4 is 0 Å². The highest BCUT2D eigenvalue weighted by Crippen LogP contribution is 2.32. The van der Waals surface area contributed by atoms with E-state index in [-0.39, 0.29) is 11.5 Å². The average Bonchev–Trinajstić information content (AvgIpc) is 2.37. The van der Waals surface area contributed by atoms with Gasteiger partial charge < -0.3 is 10.1 Å². The molecule has 19 heavy (non-hydrogen) atoms. The van der Waals surface area contributed by atoms with Crippen molar-refractivity contribution in [3.63, 3.8) is 0 Å². The standard InChI is InChI=1S/C17H29NO/c1-6-13-18-16(17(3,4)5)15(19-7-2)14-11-9-8-10-12-14/h8-12,15-16,18H,6-7,13H2,1-5H3. The molecule has 1 N–H and O–H groups in total. The topological polar surface area (TPSA) is 21.3 Å². The quantitative estimate of drug-likeness (QED) is 0.797. The molecule has 0 aromatic heterocycles. The maximum atomic E-state index is 6.05. The molecule has 2 heteroatoms. The van der Waals surface area contributed by atoms with E-state index in [1.54, 1.807) is 0 Å². The number of hydrogen-bond acceptors (Lipinski definition) is 2. The Balaban J connectivity index is 2.98. The Labute approximate surface area is 118 Å². The van der Waals surface area contributed by atoms with Gasteiger partial charge >= 0.3 is 0 Å². The summed E-state index contributed by atoms with van der Waals surface area (Å²) >= 11 is 0. The molecule has 0 aliphatic heterocycles. The molecule has 0 fully saturated rings. The van der Waals surface area contributed by atoms with E-state index < -0.39 is 0 Å². The Morgan fingerprint density at radius 1 is 1.11 bits per heavy atom. The largest absolute Gasteiger partial charge is 0.372 e. The van der Waals surface area contributed by atoms with Crippen LogP contribution in [0.15, 0.2) is 30.3 Å². The molecule has 0 heterocycles. The third-order valence-corrected chi connectivity index (χ3v) is 3.32. The first-order valence-electron chi connectivity index (χ1n) is 7.40. The second-order valence-electron chi connectivity index (χ2n) is 6.08. The number of nitrogens with one attached hydrogen (secondary N) is 1. The fourth-order valence-electron chi connectivity index (χ4n) is 2.37. The Morgan fingerprint density at radius 2 is 1.74 bits per heavy atom. The minimum atomic E-state index is 0.109. The highest BCUT2D eigenvalue weighted by molar-refractivity contribution is 5.20. The predicted octanol–water partition coefficient (Wildman–Crippen LogP) is 4.18. The summed E-state index contributed by atoms with van der Waals surface area (Å²) in [5.74, 6) is 0. The molecule has 1 aromatic carbocycles. The van der Waals surface area contributed by atoms with Gasteiger partial charge in [-0.1, -0.05) is 58.0 Å². The Bertz CT molecular complexity index is 342. The summed E-state index contributed by atoms with van der Waals surface area (Å²) in [6.07, 6.45) is 1.25. The molecule has 2 nitrogen and oxygen atoms in total. The van der Waals surface area contributed by atoms with Crippen molar-refractivity contribution in [2.24, 2.45) is 5.41 Å². The van der Waals surface area contributed by atoms with E-state index in [0.717, 1.165) is 19.6 Å². The molecule has 1 rings (SSSR count). The second kappa shape index (κ2) is 7.66. The van der Waals surface area contributed by atoms with Gasteiger partial charge in [-0.05, 0) is 30.9 Å². The molecular weight excluding hydrogens is 234 g/mol. The van der Waals surface area contributed by atoms with E-state index in [0.29, 0.717) is 6.04 Å². The van der Waals surface area contributed by atoms with Crippen LogP contribution in [-0.2, 0) is 4.74 Å². The van der Waals surface area contributed by atoms with Crippen molar-refractivity contribution in [1.82, 2.24) is 5.32 Å². The number of hydrogen-bond donors (Lipinski definition) is 1. The highest BCUT2D eigenvalue weighted by Gasteiger charge is 2.33. The zero-order chi connectivity index (χ0) is 14.3. The number of ether oxygens (including phenoxy) is 1.